The molecule has 0 saturated carbocycles. The molecule has 0 amide bonds. The summed E-state index contributed by atoms with van der Waals surface area (Å²) >= 11 is 5.21. The van der Waals surface area contributed by atoms with Crippen molar-refractivity contribution in [3.8, 4) is 0 Å². The number of halogens is 1. The summed E-state index contributed by atoms with van der Waals surface area (Å²) in [7, 11) is -3.16. The molecule has 0 N–H and O–H groups in total. The molecular weight excluding hydrogens is 236 g/mol. The predicted molar refractivity (Wildman–Crippen MR) is 58.7 cm³/mol. The van der Waals surface area contributed by atoms with Crippen LogP contribution in [0.2, 0.25) is 0 Å². The fourth-order valence-corrected chi connectivity index (χ4v) is 2.18. The van der Waals surface area contributed by atoms with Gasteiger partial charge in [0, 0.05) is 6.42 Å². The zero-order chi connectivity index (χ0) is 11.5. The van der Waals surface area contributed by atoms with Crippen LogP contribution in [0.25, 0.3) is 0 Å². The van der Waals surface area contributed by atoms with Crippen LogP contribution in [0.15, 0.2) is 29.2 Å². The molecule has 3 nitrogen and oxygen atoms in total. The second kappa shape index (κ2) is 4.77. The highest BCUT2D eigenvalue weighted by atomic mass is 35.5. The van der Waals surface area contributed by atoms with Gasteiger partial charge in [-0.15, -0.1) is 0 Å². The summed E-state index contributed by atoms with van der Waals surface area (Å²) in [6.45, 7) is 1.59. The van der Waals surface area contributed by atoms with Crippen LogP contribution in [0, 0.1) is 0 Å². The van der Waals surface area contributed by atoms with Gasteiger partial charge in [0.05, 0.1) is 10.6 Å². The topological polar surface area (TPSA) is 51.2 Å². The molecule has 0 heterocycles. The van der Waals surface area contributed by atoms with Gasteiger partial charge in [-0.3, -0.25) is 4.79 Å². The minimum Gasteiger partial charge on any atom is -0.281 e. The second-order valence-corrected chi connectivity index (χ2v) is 5.78. The third-order valence-corrected chi connectivity index (χ3v) is 3.89. The van der Waals surface area contributed by atoms with Crippen LogP contribution >= 0.6 is 11.6 Å². The number of rotatable bonds is 4. The summed E-state index contributed by atoms with van der Waals surface area (Å²) in [6, 6.07) is 6.19. The van der Waals surface area contributed by atoms with Crippen molar-refractivity contribution in [1.82, 2.24) is 0 Å². The van der Waals surface area contributed by atoms with Gasteiger partial charge in [0.15, 0.2) is 9.84 Å². The smallest absolute Gasteiger partial charge is 0.226 e. The molecule has 0 aliphatic rings. The highest BCUT2D eigenvalue weighted by Gasteiger charge is 2.10. The number of hydrogen-bond acceptors (Lipinski definition) is 3. The van der Waals surface area contributed by atoms with Gasteiger partial charge in [0.1, 0.15) is 0 Å². The molecule has 1 rings (SSSR count). The van der Waals surface area contributed by atoms with Gasteiger partial charge in [0.2, 0.25) is 5.24 Å². The van der Waals surface area contributed by atoms with Crippen molar-refractivity contribution in [3.05, 3.63) is 29.8 Å². The van der Waals surface area contributed by atoms with Crippen LogP contribution in [-0.2, 0) is 21.1 Å². The number of benzene rings is 1. The minimum atomic E-state index is -3.16. The van der Waals surface area contributed by atoms with Gasteiger partial charge in [-0.05, 0) is 29.3 Å². The maximum atomic E-state index is 11.4. The first-order chi connectivity index (χ1) is 6.95. The van der Waals surface area contributed by atoms with E-state index in [9.17, 15) is 13.2 Å². The van der Waals surface area contributed by atoms with E-state index in [0.29, 0.717) is 5.56 Å². The zero-order valence-electron chi connectivity index (χ0n) is 8.23. The van der Waals surface area contributed by atoms with Crippen molar-refractivity contribution < 1.29 is 13.2 Å². The zero-order valence-corrected chi connectivity index (χ0v) is 9.81. The van der Waals surface area contributed by atoms with E-state index in [0.717, 1.165) is 0 Å². The summed E-state index contributed by atoms with van der Waals surface area (Å²) in [4.78, 5) is 10.9. The standard InChI is InChI=1S/C10H11ClO3S/c1-2-15(13,14)9-5-3-8(4-6-9)7-10(11)12/h3-6H,2,7H2,1H3. The molecule has 0 aliphatic carbocycles. The average molecular weight is 247 g/mol. The molecule has 0 atom stereocenters. The van der Waals surface area contributed by atoms with Crippen LogP contribution in [0.4, 0.5) is 0 Å². The Bertz CT molecular complexity index is 448. The summed E-state index contributed by atoms with van der Waals surface area (Å²) in [5.41, 5.74) is 0.713. The van der Waals surface area contributed by atoms with E-state index < -0.39 is 15.1 Å². The van der Waals surface area contributed by atoms with Crippen molar-refractivity contribution in [2.24, 2.45) is 0 Å². The molecule has 0 radical (unpaired) electrons. The Hall–Kier alpha value is -0.870. The van der Waals surface area contributed by atoms with E-state index in [1.54, 1.807) is 19.1 Å². The van der Waals surface area contributed by atoms with E-state index in [-0.39, 0.29) is 17.1 Å². The Morgan fingerprint density at radius 2 is 1.80 bits per heavy atom. The molecule has 0 bridgehead atoms. The van der Waals surface area contributed by atoms with Crippen LogP contribution < -0.4 is 0 Å². The third-order valence-electron chi connectivity index (χ3n) is 2.01. The molecule has 82 valence electrons. The summed E-state index contributed by atoms with van der Waals surface area (Å²) in [5.74, 6) is 0.0702. The third kappa shape index (κ3) is 3.32. The van der Waals surface area contributed by atoms with E-state index >= 15 is 0 Å². The Morgan fingerprint density at radius 1 is 1.27 bits per heavy atom. The van der Waals surface area contributed by atoms with Crippen molar-refractivity contribution in [3.63, 3.8) is 0 Å². The molecule has 15 heavy (non-hydrogen) atoms. The molecule has 1 aromatic rings. The predicted octanol–water partition coefficient (Wildman–Crippen LogP) is 1.79. The first-order valence-electron chi connectivity index (χ1n) is 4.45. The van der Waals surface area contributed by atoms with Gasteiger partial charge >= 0.3 is 0 Å². The number of carbonyl (C=O) groups is 1. The maximum Gasteiger partial charge on any atom is 0.226 e. The molecule has 1 aromatic carbocycles. The van der Waals surface area contributed by atoms with Crippen LogP contribution in [0.3, 0.4) is 0 Å². The Morgan fingerprint density at radius 3 is 2.20 bits per heavy atom. The molecule has 5 heteroatoms. The van der Waals surface area contributed by atoms with E-state index in [4.69, 9.17) is 11.6 Å². The Kier molecular flexibility index (Phi) is 3.88. The molecule has 0 aromatic heterocycles. The summed E-state index contributed by atoms with van der Waals surface area (Å²) < 4.78 is 22.9. The van der Waals surface area contributed by atoms with Gasteiger partial charge in [-0.25, -0.2) is 8.42 Å². The first kappa shape index (κ1) is 12.2. The Labute approximate surface area is 94.0 Å². The lowest BCUT2D eigenvalue weighted by molar-refractivity contribution is -0.111. The Balaban J connectivity index is 2.95. The average Bonchev–Trinajstić information content (AvgIpc) is 2.18. The normalized spacial score (nSPS) is 11.3. The highest BCUT2D eigenvalue weighted by Crippen LogP contribution is 2.13. The van der Waals surface area contributed by atoms with Crippen molar-refractivity contribution in [1.29, 1.82) is 0 Å². The summed E-state index contributed by atoms with van der Waals surface area (Å²) in [6.07, 6.45) is 0.119. The van der Waals surface area contributed by atoms with E-state index in [2.05, 4.69) is 0 Å². The lowest BCUT2D eigenvalue weighted by atomic mass is 10.2. The maximum absolute atomic E-state index is 11.4. The molecule has 0 unspecified atom stereocenters. The van der Waals surface area contributed by atoms with Gasteiger partial charge < -0.3 is 0 Å². The van der Waals surface area contributed by atoms with Crippen LogP contribution in [0.5, 0.6) is 0 Å². The van der Waals surface area contributed by atoms with Gasteiger partial charge in [-0.2, -0.15) is 0 Å². The van der Waals surface area contributed by atoms with Crippen molar-refractivity contribution in [2.75, 3.05) is 5.75 Å². The lowest BCUT2D eigenvalue weighted by Gasteiger charge is -2.02. The van der Waals surface area contributed by atoms with Gasteiger partial charge in [-0.1, -0.05) is 19.1 Å². The van der Waals surface area contributed by atoms with E-state index in [1.165, 1.54) is 12.1 Å². The van der Waals surface area contributed by atoms with Crippen LogP contribution in [-0.4, -0.2) is 19.4 Å². The molecule has 0 saturated heterocycles. The van der Waals surface area contributed by atoms with Crippen molar-refractivity contribution in [2.45, 2.75) is 18.2 Å². The molecule has 0 spiro atoms. The van der Waals surface area contributed by atoms with Crippen molar-refractivity contribution >= 4 is 26.7 Å². The fraction of sp³-hybridized carbons (Fsp3) is 0.300. The number of sulfone groups is 1. The second-order valence-electron chi connectivity index (χ2n) is 3.08. The number of carbonyl (C=O) groups excluding carboxylic acids is 1. The quantitative estimate of drug-likeness (QED) is 0.761. The minimum absolute atomic E-state index is 0.0702. The largest absolute Gasteiger partial charge is 0.281 e. The van der Waals surface area contributed by atoms with Crippen LogP contribution in [0.1, 0.15) is 12.5 Å². The monoisotopic (exact) mass is 246 g/mol. The first-order valence-corrected chi connectivity index (χ1v) is 6.49. The molecular formula is C10H11ClO3S. The summed E-state index contributed by atoms with van der Waals surface area (Å²) in [5, 5.41) is -0.457. The lowest BCUT2D eigenvalue weighted by Crippen LogP contribution is -2.03. The molecule has 0 aliphatic heterocycles. The van der Waals surface area contributed by atoms with E-state index in [1.807, 2.05) is 0 Å². The number of hydrogen-bond donors (Lipinski definition) is 0. The molecule has 0 fully saturated rings. The fourth-order valence-electron chi connectivity index (χ4n) is 1.14. The van der Waals surface area contributed by atoms with Gasteiger partial charge in [0.25, 0.3) is 0 Å². The SMILES string of the molecule is CCS(=O)(=O)c1ccc(CC(=O)Cl)cc1. The highest BCUT2D eigenvalue weighted by molar-refractivity contribution is 7.91.